The summed E-state index contributed by atoms with van der Waals surface area (Å²) >= 11 is 11.9. The number of hydrogen-bond acceptors (Lipinski definition) is 3. The van der Waals surface area contributed by atoms with Gasteiger partial charge in [-0.2, -0.15) is 0 Å². The predicted octanol–water partition coefficient (Wildman–Crippen LogP) is 4.05. The van der Waals surface area contributed by atoms with Crippen molar-refractivity contribution in [2.24, 2.45) is 0 Å². The van der Waals surface area contributed by atoms with E-state index >= 15 is 0 Å². The van der Waals surface area contributed by atoms with Gasteiger partial charge in [0, 0.05) is 5.02 Å². The molecular weight excluding hydrogens is 311 g/mol. The lowest BCUT2D eigenvalue weighted by atomic mass is 10.3. The number of ether oxygens (including phenoxy) is 1. The zero-order valence-electron chi connectivity index (χ0n) is 11.3. The predicted molar refractivity (Wildman–Crippen MR) is 86.6 cm³/mol. The summed E-state index contributed by atoms with van der Waals surface area (Å²) in [4.78, 5) is 11.9. The Hall–Kier alpha value is -1.91. The maximum absolute atomic E-state index is 11.9. The first-order chi connectivity index (χ1) is 10.1. The zero-order chi connectivity index (χ0) is 15.2. The number of methoxy groups -OCH3 is 1. The molecule has 0 heterocycles. The van der Waals surface area contributed by atoms with E-state index in [0.29, 0.717) is 27.2 Å². The minimum Gasteiger partial charge on any atom is -0.495 e. The molecule has 0 radical (unpaired) electrons. The smallest absolute Gasteiger partial charge is 0.243 e. The molecule has 1 amide bonds. The molecule has 2 aromatic rings. The van der Waals surface area contributed by atoms with Gasteiger partial charge in [0.15, 0.2) is 0 Å². The Balaban J connectivity index is 1.97. The van der Waals surface area contributed by atoms with Gasteiger partial charge >= 0.3 is 0 Å². The standard InChI is InChI=1S/C15H14Cl2N2O2/c1-21-14-5-3-2-4-12(14)19-15(20)9-18-13-8-10(16)6-7-11(13)17/h2-8,18H,9H2,1H3,(H,19,20). The molecule has 2 N–H and O–H groups in total. The molecule has 0 aromatic heterocycles. The Labute approximate surface area is 133 Å². The van der Waals surface area contributed by atoms with Crippen molar-refractivity contribution in [2.45, 2.75) is 0 Å². The first kappa shape index (κ1) is 15.5. The largest absolute Gasteiger partial charge is 0.495 e. The third-order valence-corrected chi connectivity index (χ3v) is 3.31. The summed E-state index contributed by atoms with van der Waals surface area (Å²) in [5.74, 6) is 0.391. The molecule has 6 heteroatoms. The van der Waals surface area contributed by atoms with E-state index in [4.69, 9.17) is 27.9 Å². The van der Waals surface area contributed by atoms with E-state index in [0.717, 1.165) is 0 Å². The number of amides is 1. The molecule has 0 saturated heterocycles. The van der Waals surface area contributed by atoms with Crippen molar-refractivity contribution in [1.29, 1.82) is 0 Å². The van der Waals surface area contributed by atoms with Crippen LogP contribution < -0.4 is 15.4 Å². The van der Waals surface area contributed by atoms with Gasteiger partial charge in [-0.3, -0.25) is 4.79 Å². The number of hydrogen-bond donors (Lipinski definition) is 2. The number of halogens is 2. The second-order valence-electron chi connectivity index (χ2n) is 4.23. The van der Waals surface area contributed by atoms with Crippen LogP contribution in [0.3, 0.4) is 0 Å². The zero-order valence-corrected chi connectivity index (χ0v) is 12.8. The fraction of sp³-hybridized carbons (Fsp3) is 0.133. The fourth-order valence-corrected chi connectivity index (χ4v) is 2.11. The molecule has 0 atom stereocenters. The second kappa shape index (κ2) is 7.20. The van der Waals surface area contributed by atoms with Gasteiger partial charge in [0.2, 0.25) is 5.91 Å². The molecule has 0 saturated carbocycles. The van der Waals surface area contributed by atoms with Crippen LogP contribution in [0.15, 0.2) is 42.5 Å². The molecule has 110 valence electrons. The summed E-state index contributed by atoms with van der Waals surface area (Å²) in [5.41, 5.74) is 1.23. The van der Waals surface area contributed by atoms with Gasteiger partial charge in [-0.1, -0.05) is 35.3 Å². The van der Waals surface area contributed by atoms with Gasteiger partial charge in [0.05, 0.1) is 30.1 Å². The van der Waals surface area contributed by atoms with Crippen molar-refractivity contribution in [1.82, 2.24) is 0 Å². The number of carbonyl (C=O) groups excluding carboxylic acids is 1. The summed E-state index contributed by atoms with van der Waals surface area (Å²) in [6.07, 6.45) is 0. The molecule has 2 rings (SSSR count). The number of nitrogens with one attached hydrogen (secondary N) is 2. The average Bonchev–Trinajstić information content (AvgIpc) is 2.49. The summed E-state index contributed by atoms with van der Waals surface area (Å²) < 4.78 is 5.17. The van der Waals surface area contributed by atoms with Crippen molar-refractivity contribution >= 4 is 40.5 Å². The highest BCUT2D eigenvalue weighted by molar-refractivity contribution is 6.35. The lowest BCUT2D eigenvalue weighted by molar-refractivity contribution is -0.114. The Bertz CT molecular complexity index is 647. The van der Waals surface area contributed by atoms with Crippen LogP contribution in [0.4, 0.5) is 11.4 Å². The van der Waals surface area contributed by atoms with Crippen molar-refractivity contribution in [3.05, 3.63) is 52.5 Å². The highest BCUT2D eigenvalue weighted by Gasteiger charge is 2.08. The van der Waals surface area contributed by atoms with E-state index in [-0.39, 0.29) is 12.5 Å². The highest BCUT2D eigenvalue weighted by Crippen LogP contribution is 2.25. The van der Waals surface area contributed by atoms with Gasteiger partial charge in [-0.15, -0.1) is 0 Å². The van der Waals surface area contributed by atoms with Crippen molar-refractivity contribution in [2.75, 3.05) is 24.3 Å². The lowest BCUT2D eigenvalue weighted by Gasteiger charge is -2.11. The van der Waals surface area contributed by atoms with Gasteiger partial charge in [-0.25, -0.2) is 0 Å². The molecule has 21 heavy (non-hydrogen) atoms. The molecule has 0 fully saturated rings. The maximum atomic E-state index is 11.9. The number of para-hydroxylation sites is 2. The summed E-state index contributed by atoms with van der Waals surface area (Å²) in [7, 11) is 1.55. The Morgan fingerprint density at radius 3 is 2.67 bits per heavy atom. The molecule has 2 aromatic carbocycles. The Morgan fingerprint density at radius 1 is 1.14 bits per heavy atom. The van der Waals surface area contributed by atoms with E-state index in [1.165, 1.54) is 0 Å². The number of benzene rings is 2. The fourth-order valence-electron chi connectivity index (χ4n) is 1.75. The molecule has 0 aliphatic carbocycles. The lowest BCUT2D eigenvalue weighted by Crippen LogP contribution is -2.22. The van der Waals surface area contributed by atoms with Crippen LogP contribution in [0, 0.1) is 0 Å². The Kier molecular flexibility index (Phi) is 5.31. The topological polar surface area (TPSA) is 50.4 Å². The first-order valence-corrected chi connectivity index (χ1v) is 6.97. The van der Waals surface area contributed by atoms with Gasteiger partial charge in [-0.05, 0) is 30.3 Å². The molecule has 4 nitrogen and oxygen atoms in total. The third-order valence-electron chi connectivity index (χ3n) is 2.75. The summed E-state index contributed by atoms with van der Waals surface area (Å²) in [6.45, 7) is 0.0676. The SMILES string of the molecule is COc1ccccc1NC(=O)CNc1cc(Cl)ccc1Cl. The van der Waals surface area contributed by atoms with Crippen LogP contribution >= 0.6 is 23.2 Å². The number of anilines is 2. The number of carbonyl (C=O) groups is 1. The van der Waals surface area contributed by atoms with Gasteiger partial charge < -0.3 is 15.4 Å². The van der Waals surface area contributed by atoms with Crippen molar-refractivity contribution in [3.63, 3.8) is 0 Å². The average molecular weight is 325 g/mol. The van der Waals surface area contributed by atoms with Crippen LogP contribution in [-0.4, -0.2) is 19.6 Å². The van der Waals surface area contributed by atoms with E-state index in [2.05, 4.69) is 10.6 Å². The van der Waals surface area contributed by atoms with E-state index < -0.39 is 0 Å². The summed E-state index contributed by atoms with van der Waals surface area (Å²) in [5, 5.41) is 6.76. The molecule has 0 unspecified atom stereocenters. The van der Waals surface area contributed by atoms with Gasteiger partial charge in [0.25, 0.3) is 0 Å². The molecule has 0 aliphatic rings. The number of rotatable bonds is 5. The van der Waals surface area contributed by atoms with Crippen molar-refractivity contribution in [3.8, 4) is 5.75 Å². The van der Waals surface area contributed by atoms with E-state index in [9.17, 15) is 4.79 Å². The van der Waals surface area contributed by atoms with Crippen LogP contribution in [0.5, 0.6) is 5.75 Å². The molecule has 0 bridgehead atoms. The maximum Gasteiger partial charge on any atom is 0.243 e. The molecule has 0 aliphatic heterocycles. The van der Waals surface area contributed by atoms with Gasteiger partial charge in [0.1, 0.15) is 5.75 Å². The van der Waals surface area contributed by atoms with Crippen LogP contribution in [0.25, 0.3) is 0 Å². The van der Waals surface area contributed by atoms with Crippen LogP contribution in [0.2, 0.25) is 10.0 Å². The Morgan fingerprint density at radius 2 is 1.90 bits per heavy atom. The van der Waals surface area contributed by atoms with Crippen LogP contribution in [-0.2, 0) is 4.79 Å². The second-order valence-corrected chi connectivity index (χ2v) is 5.07. The van der Waals surface area contributed by atoms with Crippen molar-refractivity contribution < 1.29 is 9.53 Å². The highest BCUT2D eigenvalue weighted by atomic mass is 35.5. The normalized spacial score (nSPS) is 10.0. The third kappa shape index (κ3) is 4.28. The molecular formula is C15H14Cl2N2O2. The van der Waals surface area contributed by atoms with E-state index in [1.807, 2.05) is 12.1 Å². The van der Waals surface area contributed by atoms with Crippen LogP contribution in [0.1, 0.15) is 0 Å². The monoisotopic (exact) mass is 324 g/mol. The van der Waals surface area contributed by atoms with E-state index in [1.54, 1.807) is 37.4 Å². The minimum atomic E-state index is -0.212. The first-order valence-electron chi connectivity index (χ1n) is 6.22. The minimum absolute atomic E-state index is 0.0676. The quantitative estimate of drug-likeness (QED) is 0.872. The summed E-state index contributed by atoms with van der Waals surface area (Å²) in [6, 6.07) is 12.2. The molecule has 0 spiro atoms.